The van der Waals surface area contributed by atoms with Crippen molar-refractivity contribution in [3.8, 4) is 6.07 Å². The van der Waals surface area contributed by atoms with E-state index in [9.17, 15) is 4.39 Å². The molecule has 1 aromatic carbocycles. The molecule has 13 heavy (non-hydrogen) atoms. The molecule has 0 spiro atoms. The lowest BCUT2D eigenvalue weighted by Crippen LogP contribution is -1.92. The van der Waals surface area contributed by atoms with Gasteiger partial charge >= 0.3 is 0 Å². The molecule has 0 saturated heterocycles. The van der Waals surface area contributed by atoms with Crippen LogP contribution >= 0.6 is 0 Å². The molecule has 0 radical (unpaired) electrons. The standard InChI is InChI=1S/C9H6FN3/c1-13-9(5-11)7-3-2-6(10)4-8(7)12-13/h2-4H,1H3. The van der Waals surface area contributed by atoms with Crippen LogP contribution in [0.15, 0.2) is 18.2 Å². The lowest BCUT2D eigenvalue weighted by Gasteiger charge is -1.88. The summed E-state index contributed by atoms with van der Waals surface area (Å²) in [7, 11) is 1.66. The summed E-state index contributed by atoms with van der Waals surface area (Å²) in [5.41, 5.74) is 0.967. The Balaban J connectivity index is 2.88. The number of aryl methyl sites for hydroxylation is 1. The van der Waals surface area contributed by atoms with Crippen molar-refractivity contribution >= 4 is 10.9 Å². The Bertz CT molecular complexity index is 507. The van der Waals surface area contributed by atoms with Gasteiger partial charge in [0.2, 0.25) is 0 Å². The van der Waals surface area contributed by atoms with Crippen LogP contribution in [0.5, 0.6) is 0 Å². The van der Waals surface area contributed by atoms with Crippen molar-refractivity contribution in [1.82, 2.24) is 9.78 Å². The number of benzene rings is 1. The quantitative estimate of drug-likeness (QED) is 0.610. The van der Waals surface area contributed by atoms with Gasteiger partial charge in [0.25, 0.3) is 0 Å². The van der Waals surface area contributed by atoms with Gasteiger partial charge in [-0.05, 0) is 12.1 Å². The molecule has 0 saturated carbocycles. The monoisotopic (exact) mass is 175 g/mol. The van der Waals surface area contributed by atoms with Crippen LogP contribution in [0.3, 0.4) is 0 Å². The predicted octanol–water partition coefficient (Wildman–Crippen LogP) is 1.58. The molecule has 0 N–H and O–H groups in total. The molecule has 0 aliphatic rings. The smallest absolute Gasteiger partial charge is 0.146 e. The Morgan fingerprint density at radius 3 is 3.00 bits per heavy atom. The van der Waals surface area contributed by atoms with Gasteiger partial charge in [-0.1, -0.05) is 0 Å². The summed E-state index contributed by atoms with van der Waals surface area (Å²) in [4.78, 5) is 0. The molecule has 3 nitrogen and oxygen atoms in total. The summed E-state index contributed by atoms with van der Waals surface area (Å²) < 4.78 is 14.2. The van der Waals surface area contributed by atoms with E-state index in [-0.39, 0.29) is 5.82 Å². The number of nitriles is 1. The van der Waals surface area contributed by atoms with Crippen molar-refractivity contribution < 1.29 is 4.39 Å². The first-order valence-corrected chi connectivity index (χ1v) is 3.75. The second kappa shape index (κ2) is 2.56. The van der Waals surface area contributed by atoms with E-state index in [1.165, 1.54) is 16.8 Å². The SMILES string of the molecule is Cn1nc2cc(F)ccc2c1C#N. The van der Waals surface area contributed by atoms with E-state index in [1.807, 2.05) is 6.07 Å². The maximum Gasteiger partial charge on any atom is 0.146 e. The van der Waals surface area contributed by atoms with E-state index >= 15 is 0 Å². The summed E-state index contributed by atoms with van der Waals surface area (Å²) in [6.07, 6.45) is 0. The summed E-state index contributed by atoms with van der Waals surface area (Å²) in [6, 6.07) is 6.22. The maximum atomic E-state index is 12.7. The minimum atomic E-state index is -0.338. The molecule has 0 amide bonds. The molecule has 64 valence electrons. The van der Waals surface area contributed by atoms with Crippen molar-refractivity contribution in [2.24, 2.45) is 7.05 Å². The topological polar surface area (TPSA) is 41.6 Å². The molecular weight excluding hydrogens is 169 g/mol. The van der Waals surface area contributed by atoms with Gasteiger partial charge in [0.05, 0.1) is 5.52 Å². The van der Waals surface area contributed by atoms with Crippen molar-refractivity contribution in [2.45, 2.75) is 0 Å². The van der Waals surface area contributed by atoms with Gasteiger partial charge in [-0.3, -0.25) is 4.68 Å². The second-order valence-electron chi connectivity index (χ2n) is 2.75. The van der Waals surface area contributed by atoms with Crippen LogP contribution in [0.4, 0.5) is 4.39 Å². The van der Waals surface area contributed by atoms with E-state index in [0.717, 1.165) is 0 Å². The number of aromatic nitrogens is 2. The minimum absolute atomic E-state index is 0.338. The summed E-state index contributed by atoms with van der Waals surface area (Å²) in [5, 5.41) is 13.5. The molecule has 1 aromatic heterocycles. The van der Waals surface area contributed by atoms with E-state index in [0.29, 0.717) is 16.6 Å². The summed E-state index contributed by atoms with van der Waals surface area (Å²) >= 11 is 0. The van der Waals surface area contributed by atoms with Gasteiger partial charge in [0.1, 0.15) is 17.6 Å². The summed E-state index contributed by atoms with van der Waals surface area (Å²) in [5.74, 6) is -0.338. The number of rotatable bonds is 0. The van der Waals surface area contributed by atoms with E-state index in [2.05, 4.69) is 5.10 Å². The molecule has 2 rings (SSSR count). The van der Waals surface area contributed by atoms with Gasteiger partial charge in [-0.25, -0.2) is 4.39 Å². The molecule has 0 atom stereocenters. The first-order valence-electron chi connectivity index (χ1n) is 3.75. The highest BCUT2D eigenvalue weighted by Gasteiger charge is 2.07. The Hall–Kier alpha value is -1.89. The van der Waals surface area contributed by atoms with Crippen molar-refractivity contribution in [3.63, 3.8) is 0 Å². The average Bonchev–Trinajstić information content (AvgIpc) is 2.39. The van der Waals surface area contributed by atoms with Crippen LogP contribution in [0.1, 0.15) is 5.69 Å². The maximum absolute atomic E-state index is 12.7. The van der Waals surface area contributed by atoms with Crippen LogP contribution < -0.4 is 0 Å². The zero-order chi connectivity index (χ0) is 9.42. The molecule has 0 unspecified atom stereocenters. The fraction of sp³-hybridized carbons (Fsp3) is 0.111. The lowest BCUT2D eigenvalue weighted by molar-refractivity contribution is 0.629. The highest BCUT2D eigenvalue weighted by Crippen LogP contribution is 2.17. The first kappa shape index (κ1) is 7.74. The van der Waals surface area contributed by atoms with E-state index in [1.54, 1.807) is 13.1 Å². The Morgan fingerprint density at radius 1 is 1.54 bits per heavy atom. The van der Waals surface area contributed by atoms with Crippen LogP contribution in [-0.2, 0) is 7.05 Å². The third-order valence-corrected chi connectivity index (χ3v) is 1.90. The summed E-state index contributed by atoms with van der Waals surface area (Å²) in [6.45, 7) is 0. The number of hydrogen-bond donors (Lipinski definition) is 0. The molecule has 2 aromatic rings. The van der Waals surface area contributed by atoms with Crippen LogP contribution in [0.25, 0.3) is 10.9 Å². The second-order valence-corrected chi connectivity index (χ2v) is 2.75. The minimum Gasteiger partial charge on any atom is -0.257 e. The Labute approximate surface area is 74.0 Å². The van der Waals surface area contributed by atoms with Crippen LogP contribution in [-0.4, -0.2) is 9.78 Å². The first-order chi connectivity index (χ1) is 6.22. The third-order valence-electron chi connectivity index (χ3n) is 1.90. The van der Waals surface area contributed by atoms with Crippen LogP contribution in [0.2, 0.25) is 0 Å². The molecule has 0 aliphatic heterocycles. The fourth-order valence-electron chi connectivity index (χ4n) is 1.31. The fourth-order valence-corrected chi connectivity index (χ4v) is 1.31. The molecule has 1 heterocycles. The van der Waals surface area contributed by atoms with Gasteiger partial charge < -0.3 is 0 Å². The Morgan fingerprint density at radius 2 is 2.31 bits per heavy atom. The number of hydrogen-bond acceptors (Lipinski definition) is 2. The Kier molecular flexibility index (Phi) is 1.52. The average molecular weight is 175 g/mol. The number of nitrogens with zero attached hydrogens (tertiary/aromatic N) is 3. The third kappa shape index (κ3) is 1.05. The van der Waals surface area contributed by atoms with E-state index < -0.39 is 0 Å². The molecular formula is C9H6FN3. The van der Waals surface area contributed by atoms with E-state index in [4.69, 9.17) is 5.26 Å². The van der Waals surface area contributed by atoms with Gasteiger partial charge in [-0.15, -0.1) is 0 Å². The lowest BCUT2D eigenvalue weighted by atomic mass is 10.2. The molecule has 0 fully saturated rings. The predicted molar refractivity (Wildman–Crippen MR) is 45.4 cm³/mol. The van der Waals surface area contributed by atoms with Crippen molar-refractivity contribution in [3.05, 3.63) is 29.7 Å². The van der Waals surface area contributed by atoms with Crippen molar-refractivity contribution in [1.29, 1.82) is 5.26 Å². The van der Waals surface area contributed by atoms with Gasteiger partial charge in [-0.2, -0.15) is 10.4 Å². The van der Waals surface area contributed by atoms with Crippen LogP contribution in [0, 0.1) is 17.1 Å². The van der Waals surface area contributed by atoms with Gasteiger partial charge in [0.15, 0.2) is 0 Å². The molecule has 0 bridgehead atoms. The zero-order valence-corrected chi connectivity index (χ0v) is 6.95. The zero-order valence-electron chi connectivity index (χ0n) is 6.95. The highest BCUT2D eigenvalue weighted by atomic mass is 19.1. The number of halogens is 1. The van der Waals surface area contributed by atoms with Gasteiger partial charge in [0, 0.05) is 18.5 Å². The molecule has 0 aliphatic carbocycles. The number of fused-ring (bicyclic) bond motifs is 1. The molecule has 4 heteroatoms. The van der Waals surface area contributed by atoms with Crippen molar-refractivity contribution in [2.75, 3.05) is 0 Å². The largest absolute Gasteiger partial charge is 0.257 e. The normalized spacial score (nSPS) is 10.2. The highest BCUT2D eigenvalue weighted by molar-refractivity contribution is 5.83.